The molecule has 0 saturated heterocycles. The van der Waals surface area contributed by atoms with E-state index in [0.717, 1.165) is 18.2 Å². The van der Waals surface area contributed by atoms with Gasteiger partial charge in [-0.3, -0.25) is 3.07 Å². The Morgan fingerprint density at radius 1 is 0.794 bits per heavy atom. The number of aromatic carboxylic acids is 1. The van der Waals surface area contributed by atoms with E-state index in [9.17, 15) is 13.0 Å². The number of rotatable bonds is 20. The monoisotopic (exact) mass is 582 g/mol. The van der Waals surface area contributed by atoms with Gasteiger partial charge in [0.05, 0.1) is 12.2 Å². The number of halogens is 1. The van der Waals surface area contributed by atoms with Gasteiger partial charge in [-0.1, -0.05) is 128 Å². The first-order valence-electron chi connectivity index (χ1n) is 13.4. The Morgan fingerprint density at radius 2 is 1.29 bits per heavy atom. The van der Waals surface area contributed by atoms with Gasteiger partial charge in [-0.15, -0.1) is 0 Å². The molecule has 0 heterocycles. The molecule has 2 rings (SSSR count). The standard InChI is InChI=1S/C29H43IO4/c1-2-3-4-5-6-7-8-9-10-11-12-13-14-15-16-19-22-34-26-23-24-20-17-18-21-25(24)27(29(31)32)28(26)30-33/h17-18,20-21,23H,2-16,19,22H2,1H3,(H,31,32). The number of carbonyl (C=O) groups is 1. The maximum Gasteiger partial charge on any atom is 0.337 e. The lowest BCUT2D eigenvalue weighted by Crippen LogP contribution is -2.06. The SMILES string of the molecule is CCCCCCCCCCCCCCCCCCOc1cc2ccccc2c(C(=O)O)c1I=O. The molecule has 0 aliphatic heterocycles. The first-order valence-corrected chi connectivity index (χ1v) is 15.3. The molecule has 0 saturated carbocycles. The van der Waals surface area contributed by atoms with Crippen LogP contribution in [0.4, 0.5) is 0 Å². The first kappa shape index (κ1) is 28.7. The summed E-state index contributed by atoms with van der Waals surface area (Å²) in [5, 5.41) is 11.1. The molecule has 4 nitrogen and oxygen atoms in total. The van der Waals surface area contributed by atoms with Crippen LogP contribution in [0.1, 0.15) is 120 Å². The van der Waals surface area contributed by atoms with Crippen molar-refractivity contribution in [3.8, 4) is 5.75 Å². The molecule has 0 fully saturated rings. The fourth-order valence-electron chi connectivity index (χ4n) is 4.52. The Kier molecular flexibility index (Phi) is 15.1. The molecule has 0 unspecified atom stereocenters. The highest BCUT2D eigenvalue weighted by Gasteiger charge is 2.20. The summed E-state index contributed by atoms with van der Waals surface area (Å²) in [7, 11) is 0. The molecule has 34 heavy (non-hydrogen) atoms. The molecule has 0 spiro atoms. The molecule has 190 valence electrons. The molecular weight excluding hydrogens is 539 g/mol. The summed E-state index contributed by atoms with van der Waals surface area (Å²) in [6.07, 6.45) is 21.2. The number of hydrogen-bond donors (Lipinski definition) is 1. The highest BCUT2D eigenvalue weighted by atomic mass is 127. The molecule has 0 amide bonds. The molecule has 2 aromatic rings. The van der Waals surface area contributed by atoms with E-state index >= 15 is 0 Å². The number of hydrogen-bond acceptors (Lipinski definition) is 3. The van der Waals surface area contributed by atoms with Crippen LogP contribution in [0, 0.1) is 3.57 Å². The molecule has 0 atom stereocenters. The van der Waals surface area contributed by atoms with Crippen molar-refractivity contribution < 1.29 is 17.7 Å². The third kappa shape index (κ3) is 10.4. The van der Waals surface area contributed by atoms with Gasteiger partial charge in [0.25, 0.3) is 0 Å². The lowest BCUT2D eigenvalue weighted by Gasteiger charge is -2.12. The Bertz CT molecular complexity index is 865. The number of carboxylic acid groups (broad SMARTS) is 1. The van der Waals surface area contributed by atoms with Crippen LogP contribution in [-0.4, -0.2) is 17.7 Å². The number of fused-ring (bicyclic) bond motifs is 1. The maximum absolute atomic E-state index is 11.9. The van der Waals surface area contributed by atoms with Crippen molar-refractivity contribution in [2.75, 3.05) is 6.61 Å². The molecule has 0 bridgehead atoms. The van der Waals surface area contributed by atoms with E-state index in [4.69, 9.17) is 4.74 Å². The van der Waals surface area contributed by atoms with Crippen molar-refractivity contribution in [2.24, 2.45) is 0 Å². The molecule has 0 radical (unpaired) electrons. The number of unbranched alkanes of at least 4 members (excludes halogenated alkanes) is 15. The summed E-state index contributed by atoms with van der Waals surface area (Å²) in [5.74, 6) is -0.575. The second kappa shape index (κ2) is 17.9. The van der Waals surface area contributed by atoms with Crippen LogP contribution in [-0.2, 0) is 3.07 Å². The largest absolute Gasteiger partial charge is 0.492 e. The zero-order chi connectivity index (χ0) is 24.4. The van der Waals surface area contributed by atoms with Crippen LogP contribution in [0.15, 0.2) is 30.3 Å². The molecule has 2 aromatic carbocycles. The third-order valence-corrected chi connectivity index (χ3v) is 8.01. The van der Waals surface area contributed by atoms with Crippen molar-refractivity contribution >= 4 is 37.9 Å². The number of ether oxygens (including phenoxy) is 1. The summed E-state index contributed by atoms with van der Waals surface area (Å²) in [4.78, 5) is 11.8. The van der Waals surface area contributed by atoms with Crippen LogP contribution < -0.4 is 4.74 Å². The minimum atomic E-state index is -1.65. The van der Waals surface area contributed by atoms with Gasteiger partial charge in [-0.05, 0) is 23.3 Å². The zero-order valence-corrected chi connectivity index (χ0v) is 23.1. The topological polar surface area (TPSA) is 63.6 Å². The second-order valence-electron chi connectivity index (χ2n) is 9.32. The van der Waals surface area contributed by atoms with E-state index in [0.29, 0.717) is 21.3 Å². The summed E-state index contributed by atoms with van der Waals surface area (Å²) in [5.41, 5.74) is 0.128. The summed E-state index contributed by atoms with van der Waals surface area (Å²) < 4.78 is 18.1. The molecular formula is C29H43IO4. The van der Waals surface area contributed by atoms with E-state index in [1.807, 2.05) is 18.2 Å². The maximum atomic E-state index is 11.9. The Hall–Kier alpha value is -1.50. The predicted octanol–water partition coefficient (Wildman–Crippen LogP) is 9.66. The van der Waals surface area contributed by atoms with Crippen LogP contribution in [0.25, 0.3) is 10.8 Å². The number of benzene rings is 2. The molecule has 5 heteroatoms. The summed E-state index contributed by atoms with van der Waals surface area (Å²) >= 11 is -1.65. The molecule has 0 aliphatic rings. The zero-order valence-electron chi connectivity index (χ0n) is 21.0. The van der Waals surface area contributed by atoms with Crippen molar-refractivity contribution in [1.82, 2.24) is 0 Å². The smallest absolute Gasteiger partial charge is 0.337 e. The van der Waals surface area contributed by atoms with Gasteiger partial charge >= 0.3 is 5.97 Å². The van der Waals surface area contributed by atoms with Gasteiger partial charge in [0.15, 0.2) is 21.2 Å². The van der Waals surface area contributed by atoms with Crippen molar-refractivity contribution in [1.29, 1.82) is 0 Å². The summed E-state index contributed by atoms with van der Waals surface area (Å²) in [6, 6.07) is 9.15. The quantitative estimate of drug-likeness (QED) is 0.125. The fourth-order valence-corrected chi connectivity index (χ4v) is 5.79. The molecule has 1 N–H and O–H groups in total. The Balaban J connectivity index is 1.55. The van der Waals surface area contributed by atoms with Crippen LogP contribution in [0.3, 0.4) is 0 Å². The fraction of sp³-hybridized carbons (Fsp3) is 0.621. The van der Waals surface area contributed by atoms with Crippen molar-refractivity contribution in [3.05, 3.63) is 39.5 Å². The second-order valence-corrected chi connectivity index (χ2v) is 10.8. The van der Waals surface area contributed by atoms with Crippen LogP contribution in [0.5, 0.6) is 5.75 Å². The van der Waals surface area contributed by atoms with Gasteiger partial charge in [0.2, 0.25) is 0 Å². The van der Waals surface area contributed by atoms with Crippen molar-refractivity contribution in [3.63, 3.8) is 0 Å². The van der Waals surface area contributed by atoms with Gasteiger partial charge in [-0.2, -0.15) is 0 Å². The third-order valence-electron chi connectivity index (χ3n) is 6.50. The van der Waals surface area contributed by atoms with E-state index in [1.165, 1.54) is 89.9 Å². The Morgan fingerprint density at radius 3 is 1.79 bits per heavy atom. The highest BCUT2D eigenvalue weighted by molar-refractivity contribution is 14.1. The Labute approximate surface area is 216 Å². The normalized spacial score (nSPS) is 11.2. The van der Waals surface area contributed by atoms with Gasteiger partial charge in [-0.25, -0.2) is 4.79 Å². The summed E-state index contributed by atoms with van der Waals surface area (Å²) in [6.45, 7) is 2.81. The highest BCUT2D eigenvalue weighted by Crippen LogP contribution is 2.34. The minimum absolute atomic E-state index is 0.128. The van der Waals surface area contributed by atoms with Crippen molar-refractivity contribution in [2.45, 2.75) is 110 Å². The van der Waals surface area contributed by atoms with Crippen LogP contribution >= 0.6 is 21.2 Å². The predicted molar refractivity (Wildman–Crippen MR) is 149 cm³/mol. The average molecular weight is 583 g/mol. The van der Waals surface area contributed by atoms with E-state index in [-0.39, 0.29) is 5.56 Å². The van der Waals surface area contributed by atoms with E-state index in [2.05, 4.69) is 6.92 Å². The van der Waals surface area contributed by atoms with E-state index in [1.54, 1.807) is 12.1 Å². The average Bonchev–Trinajstić information content (AvgIpc) is 2.84. The van der Waals surface area contributed by atoms with Gasteiger partial charge < -0.3 is 9.84 Å². The minimum Gasteiger partial charge on any atom is -0.492 e. The van der Waals surface area contributed by atoms with E-state index < -0.39 is 27.2 Å². The number of carboxylic acids is 1. The van der Waals surface area contributed by atoms with Crippen LogP contribution in [0.2, 0.25) is 0 Å². The van der Waals surface area contributed by atoms with Gasteiger partial charge in [0, 0.05) is 0 Å². The lowest BCUT2D eigenvalue weighted by molar-refractivity contribution is 0.0697. The molecule has 0 aliphatic carbocycles. The first-order chi connectivity index (χ1) is 16.7. The lowest BCUT2D eigenvalue weighted by atomic mass is 10.0. The molecule has 0 aromatic heterocycles. The van der Waals surface area contributed by atoms with Gasteiger partial charge in [0.1, 0.15) is 9.32 Å².